The smallest absolute Gasteiger partial charge is 0.0967 e. The van der Waals surface area contributed by atoms with E-state index < -0.39 is 0 Å². The van der Waals surface area contributed by atoms with Crippen LogP contribution in [0.2, 0.25) is 0 Å². The summed E-state index contributed by atoms with van der Waals surface area (Å²) in [6.45, 7) is 3.03. The summed E-state index contributed by atoms with van der Waals surface area (Å²) in [7, 11) is 1.98. The molecule has 94 valence electrons. The maximum Gasteiger partial charge on any atom is 0.0967 e. The summed E-state index contributed by atoms with van der Waals surface area (Å²) in [6.07, 6.45) is 4.75. The van der Waals surface area contributed by atoms with E-state index in [-0.39, 0.29) is 0 Å². The van der Waals surface area contributed by atoms with E-state index in [0.717, 1.165) is 18.3 Å². The summed E-state index contributed by atoms with van der Waals surface area (Å²) in [5.74, 6) is 0. The van der Waals surface area contributed by atoms with Gasteiger partial charge < -0.3 is 5.32 Å². The van der Waals surface area contributed by atoms with Gasteiger partial charge in [0.05, 0.1) is 5.69 Å². The summed E-state index contributed by atoms with van der Waals surface area (Å²) in [6, 6.07) is 9.32. The molecule has 0 saturated heterocycles. The maximum atomic E-state index is 4.59. The van der Waals surface area contributed by atoms with Gasteiger partial charge in [-0.2, -0.15) is 5.10 Å². The first kappa shape index (κ1) is 11.5. The molecule has 2 aromatic rings. The summed E-state index contributed by atoms with van der Waals surface area (Å²) >= 11 is 0. The van der Waals surface area contributed by atoms with Crippen molar-refractivity contribution in [2.75, 3.05) is 0 Å². The maximum absolute atomic E-state index is 4.59. The van der Waals surface area contributed by atoms with Gasteiger partial charge in [-0.05, 0) is 19.8 Å². The molecule has 0 bridgehead atoms. The fourth-order valence-electron chi connectivity index (χ4n) is 2.16. The molecule has 0 aliphatic heterocycles. The molecule has 1 fully saturated rings. The quantitative estimate of drug-likeness (QED) is 0.892. The lowest BCUT2D eigenvalue weighted by Crippen LogP contribution is -2.15. The third-order valence-electron chi connectivity index (χ3n) is 3.39. The van der Waals surface area contributed by atoms with Gasteiger partial charge in [0.25, 0.3) is 0 Å². The highest BCUT2D eigenvalue weighted by molar-refractivity contribution is 5.63. The van der Waals surface area contributed by atoms with Crippen LogP contribution in [0.3, 0.4) is 0 Å². The number of rotatable bonds is 4. The number of hydrogen-bond donors (Lipinski definition) is 1. The minimum Gasteiger partial charge on any atom is -0.310 e. The molecule has 0 amide bonds. The normalized spacial score (nSPS) is 15.0. The molecule has 18 heavy (non-hydrogen) atoms. The van der Waals surface area contributed by atoms with Crippen LogP contribution in [0.5, 0.6) is 0 Å². The van der Waals surface area contributed by atoms with Crippen molar-refractivity contribution in [2.45, 2.75) is 32.4 Å². The van der Waals surface area contributed by atoms with Crippen molar-refractivity contribution >= 4 is 0 Å². The number of benzene rings is 1. The standard InChI is InChI=1S/C15H19N3/c1-11-3-5-12(6-4-11)15-13(10-18(2)17-15)9-16-14-7-8-14/h3-6,10,14,16H,7-9H2,1-2H3. The third-order valence-corrected chi connectivity index (χ3v) is 3.39. The number of nitrogens with zero attached hydrogens (tertiary/aromatic N) is 2. The third kappa shape index (κ3) is 2.46. The van der Waals surface area contributed by atoms with Crippen molar-refractivity contribution in [1.29, 1.82) is 0 Å². The number of hydrogen-bond acceptors (Lipinski definition) is 2. The van der Waals surface area contributed by atoms with E-state index in [4.69, 9.17) is 0 Å². The second-order valence-electron chi connectivity index (χ2n) is 5.20. The number of aryl methyl sites for hydroxylation is 2. The lowest BCUT2D eigenvalue weighted by atomic mass is 10.1. The van der Waals surface area contributed by atoms with E-state index in [0.29, 0.717) is 0 Å². The average molecular weight is 241 g/mol. The second-order valence-corrected chi connectivity index (χ2v) is 5.20. The Bertz CT molecular complexity index is 535. The zero-order valence-electron chi connectivity index (χ0n) is 11.0. The molecule has 0 atom stereocenters. The fraction of sp³-hybridized carbons (Fsp3) is 0.400. The predicted molar refractivity (Wildman–Crippen MR) is 73.2 cm³/mol. The first-order valence-corrected chi connectivity index (χ1v) is 6.55. The summed E-state index contributed by atoms with van der Waals surface area (Å²) < 4.78 is 1.90. The van der Waals surface area contributed by atoms with Crippen molar-refractivity contribution in [3.8, 4) is 11.3 Å². The van der Waals surface area contributed by atoms with E-state index in [1.54, 1.807) is 0 Å². The highest BCUT2D eigenvalue weighted by atomic mass is 15.3. The van der Waals surface area contributed by atoms with Crippen LogP contribution in [0.15, 0.2) is 30.5 Å². The van der Waals surface area contributed by atoms with Gasteiger partial charge in [-0.1, -0.05) is 29.8 Å². The summed E-state index contributed by atoms with van der Waals surface area (Å²) in [4.78, 5) is 0. The van der Waals surface area contributed by atoms with Crippen LogP contribution in [0.25, 0.3) is 11.3 Å². The molecule has 3 nitrogen and oxygen atoms in total. The minimum atomic E-state index is 0.732. The summed E-state index contributed by atoms with van der Waals surface area (Å²) in [5, 5.41) is 8.14. The van der Waals surface area contributed by atoms with E-state index >= 15 is 0 Å². The molecule has 1 aromatic heterocycles. The van der Waals surface area contributed by atoms with Gasteiger partial charge in [0, 0.05) is 37.0 Å². The summed E-state index contributed by atoms with van der Waals surface area (Å²) in [5.41, 5.74) is 4.88. The van der Waals surface area contributed by atoms with Gasteiger partial charge in [-0.3, -0.25) is 4.68 Å². The largest absolute Gasteiger partial charge is 0.310 e. The van der Waals surface area contributed by atoms with Gasteiger partial charge in [-0.25, -0.2) is 0 Å². The Morgan fingerprint density at radius 2 is 2.00 bits per heavy atom. The van der Waals surface area contributed by atoms with E-state index in [1.807, 2.05) is 11.7 Å². The minimum absolute atomic E-state index is 0.732. The number of aromatic nitrogens is 2. The van der Waals surface area contributed by atoms with Crippen molar-refractivity contribution in [1.82, 2.24) is 15.1 Å². The van der Waals surface area contributed by atoms with Gasteiger partial charge >= 0.3 is 0 Å². The van der Waals surface area contributed by atoms with Crippen molar-refractivity contribution < 1.29 is 0 Å². The van der Waals surface area contributed by atoms with Crippen molar-refractivity contribution in [3.05, 3.63) is 41.6 Å². The van der Waals surface area contributed by atoms with Crippen LogP contribution >= 0.6 is 0 Å². The van der Waals surface area contributed by atoms with E-state index in [2.05, 4.69) is 47.8 Å². The van der Waals surface area contributed by atoms with E-state index in [9.17, 15) is 0 Å². The fourth-order valence-corrected chi connectivity index (χ4v) is 2.16. The molecule has 3 rings (SSSR count). The SMILES string of the molecule is Cc1ccc(-c2nn(C)cc2CNC2CC2)cc1. The average Bonchev–Trinajstić information content (AvgIpc) is 3.11. The Morgan fingerprint density at radius 3 is 2.67 bits per heavy atom. The molecule has 1 saturated carbocycles. The molecular formula is C15H19N3. The zero-order valence-corrected chi connectivity index (χ0v) is 11.0. The Morgan fingerprint density at radius 1 is 1.28 bits per heavy atom. The highest BCUT2D eigenvalue weighted by Crippen LogP contribution is 2.24. The second kappa shape index (κ2) is 4.58. The predicted octanol–water partition coefficient (Wildman–Crippen LogP) is 2.65. The first-order valence-electron chi connectivity index (χ1n) is 6.55. The van der Waals surface area contributed by atoms with Crippen LogP contribution in [0.1, 0.15) is 24.0 Å². The Hall–Kier alpha value is -1.61. The van der Waals surface area contributed by atoms with Crippen LogP contribution in [0, 0.1) is 6.92 Å². The molecular weight excluding hydrogens is 222 g/mol. The molecule has 0 radical (unpaired) electrons. The molecule has 1 N–H and O–H groups in total. The van der Waals surface area contributed by atoms with Gasteiger partial charge in [0.1, 0.15) is 0 Å². The molecule has 1 aromatic carbocycles. The lowest BCUT2D eigenvalue weighted by molar-refractivity contribution is 0.687. The Balaban J connectivity index is 1.86. The van der Waals surface area contributed by atoms with Crippen LogP contribution in [-0.2, 0) is 13.6 Å². The van der Waals surface area contributed by atoms with Gasteiger partial charge in [-0.15, -0.1) is 0 Å². The van der Waals surface area contributed by atoms with Crippen LogP contribution < -0.4 is 5.32 Å². The zero-order chi connectivity index (χ0) is 12.5. The van der Waals surface area contributed by atoms with Crippen LogP contribution in [-0.4, -0.2) is 15.8 Å². The Labute approximate surface area is 108 Å². The molecule has 1 aliphatic rings. The van der Waals surface area contributed by atoms with Crippen molar-refractivity contribution in [3.63, 3.8) is 0 Å². The topological polar surface area (TPSA) is 29.9 Å². The van der Waals surface area contributed by atoms with Gasteiger partial charge in [0.2, 0.25) is 0 Å². The van der Waals surface area contributed by atoms with Crippen molar-refractivity contribution in [2.24, 2.45) is 7.05 Å². The van der Waals surface area contributed by atoms with E-state index in [1.165, 1.54) is 29.5 Å². The Kier molecular flexibility index (Phi) is 2.92. The number of nitrogens with one attached hydrogen (secondary N) is 1. The molecule has 0 unspecified atom stereocenters. The first-order chi connectivity index (χ1) is 8.72. The molecule has 0 spiro atoms. The monoisotopic (exact) mass is 241 g/mol. The lowest BCUT2D eigenvalue weighted by Gasteiger charge is -2.04. The van der Waals surface area contributed by atoms with Crippen LogP contribution in [0.4, 0.5) is 0 Å². The highest BCUT2D eigenvalue weighted by Gasteiger charge is 2.21. The van der Waals surface area contributed by atoms with Gasteiger partial charge in [0.15, 0.2) is 0 Å². The molecule has 1 heterocycles. The molecule has 1 aliphatic carbocycles. The molecule has 3 heteroatoms.